The molecule has 21 heavy (non-hydrogen) atoms. The molecule has 2 N–H and O–H groups in total. The molecule has 0 bridgehead atoms. The average molecular weight is 280 g/mol. The van der Waals surface area contributed by atoms with Gasteiger partial charge >= 0.3 is 0 Å². The van der Waals surface area contributed by atoms with Gasteiger partial charge in [0.25, 0.3) is 0 Å². The minimum atomic E-state index is -0.325. The summed E-state index contributed by atoms with van der Waals surface area (Å²) in [7, 11) is 0. The maximum atomic E-state index is 14.7. The van der Waals surface area contributed by atoms with Crippen molar-refractivity contribution in [3.63, 3.8) is 0 Å². The number of halogens is 1. The first-order chi connectivity index (χ1) is 10.1. The van der Waals surface area contributed by atoms with Crippen LogP contribution in [0.15, 0.2) is 66.7 Å². The number of benzene rings is 3. The fourth-order valence-corrected chi connectivity index (χ4v) is 2.26. The number of hydrogen-bond donors (Lipinski definition) is 2. The van der Waals surface area contributed by atoms with Gasteiger partial charge in [-0.25, -0.2) is 4.39 Å². The van der Waals surface area contributed by atoms with Crippen LogP contribution in [0, 0.1) is 5.82 Å². The summed E-state index contributed by atoms with van der Waals surface area (Å²) in [5.74, 6) is -0.0309. The van der Waals surface area contributed by atoms with Crippen LogP contribution in [-0.2, 0) is 0 Å². The molecule has 0 atom stereocenters. The molecule has 2 nitrogen and oxygen atoms in total. The maximum absolute atomic E-state index is 14.7. The lowest BCUT2D eigenvalue weighted by Gasteiger charge is -2.09. The molecule has 0 saturated heterocycles. The summed E-state index contributed by atoms with van der Waals surface area (Å²) in [6.07, 6.45) is 0. The van der Waals surface area contributed by atoms with E-state index in [-0.39, 0.29) is 17.3 Å². The van der Waals surface area contributed by atoms with Crippen LogP contribution < -0.4 is 0 Å². The van der Waals surface area contributed by atoms with Crippen molar-refractivity contribution in [2.24, 2.45) is 0 Å². The number of hydrogen-bond acceptors (Lipinski definition) is 2. The van der Waals surface area contributed by atoms with Gasteiger partial charge in [-0.1, -0.05) is 42.5 Å². The summed E-state index contributed by atoms with van der Waals surface area (Å²) in [6, 6.07) is 18.0. The van der Waals surface area contributed by atoms with Crippen LogP contribution in [0.25, 0.3) is 22.3 Å². The zero-order valence-electron chi connectivity index (χ0n) is 11.1. The minimum Gasteiger partial charge on any atom is -0.508 e. The zero-order valence-corrected chi connectivity index (χ0v) is 11.1. The Balaban J connectivity index is 2.10. The largest absolute Gasteiger partial charge is 0.508 e. The molecule has 3 heteroatoms. The molecule has 0 amide bonds. The van der Waals surface area contributed by atoms with Gasteiger partial charge in [-0.15, -0.1) is 0 Å². The van der Waals surface area contributed by atoms with E-state index < -0.39 is 0 Å². The Hall–Kier alpha value is -2.81. The normalized spacial score (nSPS) is 10.5. The highest BCUT2D eigenvalue weighted by molar-refractivity contribution is 5.74. The molecule has 0 radical (unpaired) electrons. The topological polar surface area (TPSA) is 40.5 Å². The fourth-order valence-electron chi connectivity index (χ4n) is 2.26. The van der Waals surface area contributed by atoms with Gasteiger partial charge in [0.2, 0.25) is 0 Å². The molecule has 0 aliphatic rings. The van der Waals surface area contributed by atoms with E-state index in [4.69, 9.17) is 0 Å². The standard InChI is InChI=1S/C18H13FO2/c19-18-16(12-4-8-14(20)9-5-12)2-1-3-17(18)13-6-10-15(21)11-7-13/h1-11,20-21H. The predicted octanol–water partition coefficient (Wildman–Crippen LogP) is 4.57. The Bertz CT molecular complexity index is 698. The van der Waals surface area contributed by atoms with Crippen molar-refractivity contribution >= 4 is 0 Å². The lowest BCUT2D eigenvalue weighted by atomic mass is 9.98. The third-order valence-corrected chi connectivity index (χ3v) is 3.36. The van der Waals surface area contributed by atoms with Crippen LogP contribution >= 0.6 is 0 Å². The summed E-state index contributed by atoms with van der Waals surface area (Å²) in [5, 5.41) is 18.6. The second-order valence-electron chi connectivity index (χ2n) is 4.76. The van der Waals surface area contributed by atoms with Crippen LogP contribution in [0.2, 0.25) is 0 Å². The van der Waals surface area contributed by atoms with Crippen molar-refractivity contribution in [2.75, 3.05) is 0 Å². The van der Waals surface area contributed by atoms with Crippen molar-refractivity contribution in [3.8, 4) is 33.8 Å². The summed E-state index contributed by atoms with van der Waals surface area (Å²) < 4.78 is 14.7. The van der Waals surface area contributed by atoms with Crippen LogP contribution in [0.4, 0.5) is 4.39 Å². The molecule has 0 aliphatic heterocycles. The second kappa shape index (κ2) is 5.29. The highest BCUT2D eigenvalue weighted by Gasteiger charge is 2.11. The van der Waals surface area contributed by atoms with E-state index >= 15 is 0 Å². The predicted molar refractivity (Wildman–Crippen MR) is 80.6 cm³/mol. The van der Waals surface area contributed by atoms with Crippen molar-refractivity contribution < 1.29 is 14.6 Å². The lowest BCUT2D eigenvalue weighted by molar-refractivity contribution is 0.475. The van der Waals surface area contributed by atoms with Crippen LogP contribution in [0.1, 0.15) is 0 Å². The molecular weight excluding hydrogens is 267 g/mol. The van der Waals surface area contributed by atoms with Crippen LogP contribution in [0.5, 0.6) is 11.5 Å². The van der Waals surface area contributed by atoms with Crippen LogP contribution in [0.3, 0.4) is 0 Å². The molecular formula is C18H13FO2. The van der Waals surface area contributed by atoms with E-state index in [2.05, 4.69) is 0 Å². The fraction of sp³-hybridized carbons (Fsp3) is 0. The Kier molecular flexibility index (Phi) is 3.32. The third-order valence-electron chi connectivity index (χ3n) is 3.36. The third kappa shape index (κ3) is 2.58. The van der Waals surface area contributed by atoms with Crippen LogP contribution in [-0.4, -0.2) is 10.2 Å². The monoisotopic (exact) mass is 280 g/mol. The maximum Gasteiger partial charge on any atom is 0.138 e. The van der Waals surface area contributed by atoms with Gasteiger partial charge in [-0.2, -0.15) is 0 Å². The first-order valence-electron chi connectivity index (χ1n) is 6.52. The molecule has 104 valence electrons. The van der Waals surface area contributed by atoms with E-state index in [1.807, 2.05) is 0 Å². The lowest BCUT2D eigenvalue weighted by Crippen LogP contribution is -1.89. The number of rotatable bonds is 2. The molecule has 3 aromatic rings. The van der Waals surface area contributed by atoms with E-state index in [0.29, 0.717) is 22.3 Å². The van der Waals surface area contributed by atoms with Gasteiger partial charge in [0, 0.05) is 11.1 Å². The van der Waals surface area contributed by atoms with Gasteiger partial charge < -0.3 is 10.2 Å². The summed E-state index contributed by atoms with van der Waals surface area (Å²) in [6.45, 7) is 0. The van der Waals surface area contributed by atoms with Crippen molar-refractivity contribution in [1.82, 2.24) is 0 Å². The molecule has 0 saturated carbocycles. The highest BCUT2D eigenvalue weighted by atomic mass is 19.1. The molecule has 3 rings (SSSR count). The van der Waals surface area contributed by atoms with E-state index in [9.17, 15) is 14.6 Å². The molecule has 3 aromatic carbocycles. The molecule has 0 heterocycles. The molecule has 0 aromatic heterocycles. The van der Waals surface area contributed by atoms with E-state index in [1.54, 1.807) is 42.5 Å². The van der Waals surface area contributed by atoms with Gasteiger partial charge in [-0.3, -0.25) is 0 Å². The number of phenols is 2. The highest BCUT2D eigenvalue weighted by Crippen LogP contribution is 2.32. The molecule has 0 unspecified atom stereocenters. The second-order valence-corrected chi connectivity index (χ2v) is 4.76. The Morgan fingerprint density at radius 2 is 0.952 bits per heavy atom. The van der Waals surface area contributed by atoms with Crippen molar-refractivity contribution in [2.45, 2.75) is 0 Å². The zero-order chi connectivity index (χ0) is 14.8. The summed E-state index contributed by atoms with van der Waals surface area (Å²) in [5.41, 5.74) is 2.35. The number of phenolic OH excluding ortho intramolecular Hbond substituents is 2. The van der Waals surface area contributed by atoms with Gasteiger partial charge in [0.05, 0.1) is 0 Å². The summed E-state index contributed by atoms with van der Waals surface area (Å²) in [4.78, 5) is 0. The Morgan fingerprint density at radius 1 is 0.571 bits per heavy atom. The average Bonchev–Trinajstić information content (AvgIpc) is 2.50. The Labute approximate surface area is 121 Å². The number of aromatic hydroxyl groups is 2. The molecule has 0 fully saturated rings. The first-order valence-corrected chi connectivity index (χ1v) is 6.52. The SMILES string of the molecule is Oc1ccc(-c2cccc(-c3ccc(O)cc3)c2F)cc1. The van der Waals surface area contributed by atoms with Gasteiger partial charge in [-0.05, 0) is 35.4 Å². The van der Waals surface area contributed by atoms with E-state index in [0.717, 1.165) is 0 Å². The first kappa shape index (κ1) is 13.2. The summed E-state index contributed by atoms with van der Waals surface area (Å²) >= 11 is 0. The van der Waals surface area contributed by atoms with Crippen molar-refractivity contribution in [1.29, 1.82) is 0 Å². The molecule has 0 aliphatic carbocycles. The Morgan fingerprint density at radius 3 is 1.33 bits per heavy atom. The van der Waals surface area contributed by atoms with E-state index in [1.165, 1.54) is 24.3 Å². The molecule has 0 spiro atoms. The van der Waals surface area contributed by atoms with Gasteiger partial charge in [0.1, 0.15) is 17.3 Å². The smallest absolute Gasteiger partial charge is 0.138 e. The quantitative estimate of drug-likeness (QED) is 0.721. The minimum absolute atomic E-state index is 0.147. The van der Waals surface area contributed by atoms with Crippen molar-refractivity contribution in [3.05, 3.63) is 72.5 Å². The van der Waals surface area contributed by atoms with Gasteiger partial charge in [0.15, 0.2) is 0 Å².